The fourth-order valence-electron chi connectivity index (χ4n) is 0.944. The molecule has 60 valence electrons. The highest BCUT2D eigenvalue weighted by Gasteiger charge is 2.01. The van der Waals surface area contributed by atoms with Gasteiger partial charge in [0, 0.05) is 5.69 Å². The van der Waals surface area contributed by atoms with E-state index in [1.54, 1.807) is 0 Å². The second kappa shape index (κ2) is 3.22. The number of rotatable bonds is 1. The normalized spacial score (nSPS) is 10.2. The molecule has 0 aliphatic rings. The van der Waals surface area contributed by atoms with Gasteiger partial charge in [0.15, 0.2) is 0 Å². The van der Waals surface area contributed by atoms with Gasteiger partial charge >= 0.3 is 0 Å². The van der Waals surface area contributed by atoms with Crippen LogP contribution in [0.2, 0.25) is 5.15 Å². The van der Waals surface area contributed by atoms with E-state index in [2.05, 4.69) is 24.9 Å². The molecule has 0 saturated carbocycles. The zero-order chi connectivity index (χ0) is 8.43. The van der Waals surface area contributed by atoms with Gasteiger partial charge in [0.1, 0.15) is 5.15 Å². The molecule has 0 aromatic carbocycles. The van der Waals surface area contributed by atoms with E-state index in [0.29, 0.717) is 5.15 Å². The van der Waals surface area contributed by atoms with Crippen LogP contribution in [-0.2, 0) is 6.42 Å². The Bertz CT molecular complexity index is 245. The second-order valence-corrected chi connectivity index (χ2v) is 3.06. The lowest BCUT2D eigenvalue weighted by atomic mass is 10.1. The summed E-state index contributed by atoms with van der Waals surface area (Å²) >= 11 is 5.89. The van der Waals surface area contributed by atoms with Crippen LogP contribution >= 0.6 is 11.6 Å². The Morgan fingerprint density at radius 3 is 2.55 bits per heavy atom. The van der Waals surface area contributed by atoms with Crippen LogP contribution in [0.5, 0.6) is 0 Å². The third-order valence-electron chi connectivity index (χ3n) is 1.89. The molecule has 0 saturated heterocycles. The number of hydrogen-bond donors (Lipinski definition) is 0. The monoisotopic (exact) mass is 169 g/mol. The van der Waals surface area contributed by atoms with Crippen LogP contribution < -0.4 is 0 Å². The summed E-state index contributed by atoms with van der Waals surface area (Å²) in [5.41, 5.74) is 3.38. The molecule has 2 heteroatoms. The van der Waals surface area contributed by atoms with Gasteiger partial charge in [0.25, 0.3) is 0 Å². The molecule has 0 aliphatic carbocycles. The minimum absolute atomic E-state index is 0.641. The molecule has 1 rings (SSSR count). The maximum Gasteiger partial charge on any atom is 0.132 e. The first kappa shape index (κ1) is 8.54. The van der Waals surface area contributed by atoms with Crippen LogP contribution in [0.1, 0.15) is 23.7 Å². The third kappa shape index (κ3) is 1.72. The minimum Gasteiger partial charge on any atom is -0.241 e. The van der Waals surface area contributed by atoms with Crippen molar-refractivity contribution in [1.29, 1.82) is 0 Å². The highest BCUT2D eigenvalue weighted by atomic mass is 35.5. The summed E-state index contributed by atoms with van der Waals surface area (Å²) in [7, 11) is 0. The van der Waals surface area contributed by atoms with Crippen molar-refractivity contribution in [3.8, 4) is 0 Å². The van der Waals surface area contributed by atoms with Crippen LogP contribution in [0, 0.1) is 13.8 Å². The summed E-state index contributed by atoms with van der Waals surface area (Å²) < 4.78 is 0. The van der Waals surface area contributed by atoms with Crippen molar-refractivity contribution < 1.29 is 0 Å². The molecule has 0 amide bonds. The van der Waals surface area contributed by atoms with Gasteiger partial charge in [-0.05, 0) is 37.5 Å². The molecule has 1 aromatic heterocycles. The van der Waals surface area contributed by atoms with E-state index in [1.165, 1.54) is 5.56 Å². The average Bonchev–Trinajstić information content (AvgIpc) is 1.99. The number of halogens is 1. The van der Waals surface area contributed by atoms with E-state index in [0.717, 1.165) is 17.7 Å². The SMILES string of the molecule is CCc1cc(C)c(C)c(Cl)n1. The summed E-state index contributed by atoms with van der Waals surface area (Å²) in [4.78, 5) is 4.22. The first-order valence-electron chi connectivity index (χ1n) is 3.77. The fourth-order valence-corrected chi connectivity index (χ4v) is 1.20. The maximum atomic E-state index is 5.89. The fraction of sp³-hybridized carbons (Fsp3) is 0.444. The summed E-state index contributed by atoms with van der Waals surface area (Å²) in [6, 6.07) is 2.08. The van der Waals surface area contributed by atoms with Gasteiger partial charge < -0.3 is 0 Å². The summed E-state index contributed by atoms with van der Waals surface area (Å²) in [6.07, 6.45) is 0.945. The Labute approximate surface area is 72.4 Å². The lowest BCUT2D eigenvalue weighted by molar-refractivity contribution is 1.02. The molecular weight excluding hydrogens is 158 g/mol. The molecule has 1 nitrogen and oxygen atoms in total. The van der Waals surface area contributed by atoms with Gasteiger partial charge in [-0.3, -0.25) is 0 Å². The molecule has 0 N–H and O–H groups in total. The minimum atomic E-state index is 0.641. The largest absolute Gasteiger partial charge is 0.241 e. The molecule has 1 aromatic rings. The molecule has 0 unspecified atom stereocenters. The van der Waals surface area contributed by atoms with E-state index >= 15 is 0 Å². The number of aryl methyl sites for hydroxylation is 2. The number of pyridine rings is 1. The topological polar surface area (TPSA) is 12.9 Å². The number of hydrogen-bond acceptors (Lipinski definition) is 1. The Balaban J connectivity index is 3.21. The van der Waals surface area contributed by atoms with Crippen LogP contribution in [0.15, 0.2) is 6.07 Å². The highest BCUT2D eigenvalue weighted by molar-refractivity contribution is 6.30. The standard InChI is InChI=1S/C9H12ClN/c1-4-8-5-6(2)7(3)9(10)11-8/h5H,4H2,1-3H3. The predicted octanol–water partition coefficient (Wildman–Crippen LogP) is 2.91. The van der Waals surface area contributed by atoms with Gasteiger partial charge in [-0.1, -0.05) is 18.5 Å². The van der Waals surface area contributed by atoms with E-state index < -0.39 is 0 Å². The quantitative estimate of drug-likeness (QED) is 0.590. The van der Waals surface area contributed by atoms with Crippen molar-refractivity contribution in [3.05, 3.63) is 28.0 Å². The van der Waals surface area contributed by atoms with Crippen molar-refractivity contribution in [2.75, 3.05) is 0 Å². The van der Waals surface area contributed by atoms with E-state index in [1.807, 2.05) is 6.92 Å². The summed E-state index contributed by atoms with van der Waals surface area (Å²) in [5, 5.41) is 0.641. The van der Waals surface area contributed by atoms with Crippen LogP contribution in [0.25, 0.3) is 0 Å². The maximum absolute atomic E-state index is 5.89. The predicted molar refractivity (Wildman–Crippen MR) is 48.1 cm³/mol. The van der Waals surface area contributed by atoms with Gasteiger partial charge in [-0.2, -0.15) is 0 Å². The van der Waals surface area contributed by atoms with Crippen molar-refractivity contribution in [1.82, 2.24) is 4.98 Å². The lowest BCUT2D eigenvalue weighted by Crippen LogP contribution is -1.92. The Kier molecular flexibility index (Phi) is 2.50. The van der Waals surface area contributed by atoms with Crippen molar-refractivity contribution in [3.63, 3.8) is 0 Å². The highest BCUT2D eigenvalue weighted by Crippen LogP contribution is 2.17. The zero-order valence-corrected chi connectivity index (χ0v) is 7.87. The molecule has 0 radical (unpaired) electrons. The van der Waals surface area contributed by atoms with Crippen LogP contribution in [0.3, 0.4) is 0 Å². The first-order chi connectivity index (χ1) is 5.15. The zero-order valence-electron chi connectivity index (χ0n) is 7.11. The molecule has 0 fully saturated rings. The first-order valence-corrected chi connectivity index (χ1v) is 4.15. The molecule has 1 heterocycles. The van der Waals surface area contributed by atoms with E-state index in [9.17, 15) is 0 Å². The molecule has 0 aliphatic heterocycles. The third-order valence-corrected chi connectivity index (χ3v) is 2.26. The lowest BCUT2D eigenvalue weighted by Gasteiger charge is -2.03. The molecule has 11 heavy (non-hydrogen) atoms. The molecule has 0 atom stereocenters. The van der Waals surface area contributed by atoms with Crippen molar-refractivity contribution >= 4 is 11.6 Å². The average molecular weight is 170 g/mol. The van der Waals surface area contributed by atoms with E-state index in [4.69, 9.17) is 11.6 Å². The molecule has 0 spiro atoms. The van der Waals surface area contributed by atoms with E-state index in [-0.39, 0.29) is 0 Å². The molecular formula is C9H12ClN. The van der Waals surface area contributed by atoms with Gasteiger partial charge in [0.2, 0.25) is 0 Å². The van der Waals surface area contributed by atoms with Crippen molar-refractivity contribution in [2.45, 2.75) is 27.2 Å². The number of nitrogens with zero attached hydrogens (tertiary/aromatic N) is 1. The Hall–Kier alpha value is -0.560. The molecule has 0 bridgehead atoms. The van der Waals surface area contributed by atoms with Gasteiger partial charge in [0.05, 0.1) is 0 Å². The van der Waals surface area contributed by atoms with Gasteiger partial charge in [-0.15, -0.1) is 0 Å². The second-order valence-electron chi connectivity index (χ2n) is 2.70. The summed E-state index contributed by atoms with van der Waals surface area (Å²) in [6.45, 7) is 6.12. The Morgan fingerprint density at radius 1 is 1.45 bits per heavy atom. The Morgan fingerprint density at radius 2 is 2.09 bits per heavy atom. The smallest absolute Gasteiger partial charge is 0.132 e. The van der Waals surface area contributed by atoms with Crippen LogP contribution in [-0.4, -0.2) is 4.98 Å². The van der Waals surface area contributed by atoms with Crippen molar-refractivity contribution in [2.24, 2.45) is 0 Å². The van der Waals surface area contributed by atoms with Gasteiger partial charge in [-0.25, -0.2) is 4.98 Å². The number of aromatic nitrogens is 1. The summed E-state index contributed by atoms with van der Waals surface area (Å²) in [5.74, 6) is 0. The van der Waals surface area contributed by atoms with Crippen LogP contribution in [0.4, 0.5) is 0 Å².